The Morgan fingerprint density at radius 1 is 1.12 bits per heavy atom. The number of rotatable bonds is 4. The Labute approximate surface area is 109 Å². The third-order valence-corrected chi connectivity index (χ3v) is 5.81. The summed E-state index contributed by atoms with van der Waals surface area (Å²) >= 11 is 3.64. The monoisotopic (exact) mass is 287 g/mol. The predicted octanol–water partition coefficient (Wildman–Crippen LogP) is 4.06. The van der Waals surface area contributed by atoms with E-state index in [0.717, 1.165) is 11.3 Å². The number of alkyl halides is 1. The fraction of sp³-hybridized carbons (Fsp3) is 1.00. The van der Waals surface area contributed by atoms with Gasteiger partial charge >= 0.3 is 0 Å². The normalized spacial score (nSPS) is 27.4. The molecule has 1 saturated carbocycles. The van der Waals surface area contributed by atoms with Gasteiger partial charge in [0.05, 0.1) is 0 Å². The summed E-state index contributed by atoms with van der Waals surface area (Å²) in [6.45, 7) is 6.36. The second-order valence-electron chi connectivity index (χ2n) is 5.94. The van der Waals surface area contributed by atoms with Crippen LogP contribution in [0.3, 0.4) is 0 Å². The van der Waals surface area contributed by atoms with Crippen molar-refractivity contribution in [1.29, 1.82) is 0 Å². The van der Waals surface area contributed by atoms with Crippen molar-refractivity contribution < 1.29 is 0 Å². The Morgan fingerprint density at radius 2 is 1.75 bits per heavy atom. The third-order valence-electron chi connectivity index (χ3n) is 4.89. The van der Waals surface area contributed by atoms with E-state index in [1.54, 1.807) is 0 Å². The highest BCUT2D eigenvalue weighted by atomic mass is 79.9. The highest BCUT2D eigenvalue weighted by molar-refractivity contribution is 9.09. The average molecular weight is 288 g/mol. The van der Waals surface area contributed by atoms with Gasteiger partial charge in [-0.25, -0.2) is 0 Å². The molecule has 0 amide bonds. The van der Waals surface area contributed by atoms with Crippen molar-refractivity contribution in [2.24, 2.45) is 11.3 Å². The smallest absolute Gasteiger partial charge is 0.00717 e. The van der Waals surface area contributed by atoms with E-state index in [1.165, 1.54) is 69.9 Å². The van der Waals surface area contributed by atoms with Crippen LogP contribution >= 0.6 is 15.9 Å². The van der Waals surface area contributed by atoms with Gasteiger partial charge in [0.25, 0.3) is 0 Å². The predicted molar refractivity (Wildman–Crippen MR) is 74.2 cm³/mol. The van der Waals surface area contributed by atoms with Crippen LogP contribution in [0.1, 0.15) is 51.9 Å². The Morgan fingerprint density at radius 3 is 2.25 bits per heavy atom. The first-order valence-corrected chi connectivity index (χ1v) is 8.18. The summed E-state index contributed by atoms with van der Waals surface area (Å²) in [6.07, 6.45) is 10.3. The van der Waals surface area contributed by atoms with E-state index in [2.05, 4.69) is 27.8 Å². The van der Waals surface area contributed by atoms with E-state index in [1.807, 2.05) is 0 Å². The number of hydrogen-bond acceptors (Lipinski definition) is 1. The third kappa shape index (κ3) is 3.01. The van der Waals surface area contributed by atoms with Crippen LogP contribution in [0.5, 0.6) is 0 Å². The van der Waals surface area contributed by atoms with E-state index in [4.69, 9.17) is 0 Å². The molecule has 1 unspecified atom stereocenters. The molecule has 16 heavy (non-hydrogen) atoms. The van der Waals surface area contributed by atoms with Crippen molar-refractivity contribution in [3.8, 4) is 0 Å². The quantitative estimate of drug-likeness (QED) is 0.705. The maximum Gasteiger partial charge on any atom is 0.00717 e. The van der Waals surface area contributed by atoms with Gasteiger partial charge in [0.15, 0.2) is 0 Å². The van der Waals surface area contributed by atoms with Gasteiger partial charge in [-0.1, -0.05) is 42.1 Å². The fourth-order valence-corrected chi connectivity index (χ4v) is 4.15. The summed E-state index contributed by atoms with van der Waals surface area (Å²) in [7, 11) is 0. The standard InChI is InChI=1S/C14H26BrN/c1-2-13(11-15)12-16-9-7-14(8-10-16)5-3-4-6-14/h13H,2-12H2,1H3. The lowest BCUT2D eigenvalue weighted by molar-refractivity contribution is 0.0980. The Hall–Kier alpha value is 0.440. The molecule has 0 N–H and O–H groups in total. The molecule has 2 fully saturated rings. The molecule has 0 aromatic heterocycles. The summed E-state index contributed by atoms with van der Waals surface area (Å²) in [4.78, 5) is 2.71. The molecule has 0 aromatic carbocycles. The highest BCUT2D eigenvalue weighted by Crippen LogP contribution is 2.46. The van der Waals surface area contributed by atoms with Gasteiger partial charge in [-0.3, -0.25) is 0 Å². The maximum atomic E-state index is 3.64. The minimum absolute atomic E-state index is 0.784. The van der Waals surface area contributed by atoms with Crippen molar-refractivity contribution in [2.75, 3.05) is 25.0 Å². The summed E-state index contributed by atoms with van der Waals surface area (Å²) in [5, 5.41) is 1.17. The first-order chi connectivity index (χ1) is 7.78. The van der Waals surface area contributed by atoms with Gasteiger partial charge in [-0.15, -0.1) is 0 Å². The van der Waals surface area contributed by atoms with Gasteiger partial charge in [-0.2, -0.15) is 0 Å². The van der Waals surface area contributed by atoms with Crippen LogP contribution in [-0.2, 0) is 0 Å². The van der Waals surface area contributed by atoms with Crippen molar-refractivity contribution in [3.63, 3.8) is 0 Å². The van der Waals surface area contributed by atoms with E-state index in [0.29, 0.717) is 0 Å². The molecular formula is C14H26BrN. The zero-order valence-corrected chi connectivity index (χ0v) is 12.3. The number of halogens is 1. The molecule has 2 heteroatoms. The SMILES string of the molecule is CCC(CBr)CN1CCC2(CCCC2)CC1. The van der Waals surface area contributed by atoms with Gasteiger partial charge in [0, 0.05) is 11.9 Å². The van der Waals surface area contributed by atoms with Crippen molar-refractivity contribution in [2.45, 2.75) is 51.9 Å². The molecular weight excluding hydrogens is 262 g/mol. The van der Waals surface area contributed by atoms with Crippen molar-refractivity contribution in [1.82, 2.24) is 4.90 Å². The van der Waals surface area contributed by atoms with Crippen LogP contribution in [0.4, 0.5) is 0 Å². The first kappa shape index (κ1) is 12.9. The minimum atomic E-state index is 0.784. The molecule has 1 spiro atoms. The summed E-state index contributed by atoms with van der Waals surface area (Å²) in [5.41, 5.74) is 0.784. The molecule has 2 rings (SSSR count). The Bertz CT molecular complexity index is 197. The van der Waals surface area contributed by atoms with Crippen molar-refractivity contribution in [3.05, 3.63) is 0 Å². The molecule has 94 valence electrons. The van der Waals surface area contributed by atoms with Crippen LogP contribution in [0.25, 0.3) is 0 Å². The number of piperidine rings is 1. The van der Waals surface area contributed by atoms with Gasteiger partial charge in [0.1, 0.15) is 0 Å². The molecule has 2 aliphatic rings. The molecule has 0 bridgehead atoms. The van der Waals surface area contributed by atoms with E-state index < -0.39 is 0 Å². The van der Waals surface area contributed by atoms with Crippen LogP contribution in [0, 0.1) is 11.3 Å². The minimum Gasteiger partial charge on any atom is -0.303 e. The molecule has 1 aliphatic heterocycles. The Kier molecular flexibility index (Phi) is 4.72. The lowest BCUT2D eigenvalue weighted by Crippen LogP contribution is -2.41. The molecule has 1 aliphatic carbocycles. The van der Waals surface area contributed by atoms with Crippen LogP contribution in [0.2, 0.25) is 0 Å². The molecule has 1 heterocycles. The fourth-order valence-electron chi connectivity index (χ4n) is 3.49. The van der Waals surface area contributed by atoms with Crippen LogP contribution < -0.4 is 0 Å². The largest absolute Gasteiger partial charge is 0.303 e. The van der Waals surface area contributed by atoms with Crippen LogP contribution in [-0.4, -0.2) is 29.9 Å². The van der Waals surface area contributed by atoms with Gasteiger partial charge in [-0.05, 0) is 50.1 Å². The van der Waals surface area contributed by atoms with Crippen molar-refractivity contribution >= 4 is 15.9 Å². The molecule has 1 saturated heterocycles. The second kappa shape index (κ2) is 5.86. The Balaban J connectivity index is 1.76. The molecule has 1 nitrogen and oxygen atoms in total. The summed E-state index contributed by atoms with van der Waals surface area (Å²) < 4.78 is 0. The topological polar surface area (TPSA) is 3.24 Å². The molecule has 0 radical (unpaired) electrons. The van der Waals surface area contributed by atoms with Crippen LogP contribution in [0.15, 0.2) is 0 Å². The van der Waals surface area contributed by atoms with E-state index >= 15 is 0 Å². The summed E-state index contributed by atoms with van der Waals surface area (Å²) in [6, 6.07) is 0. The lowest BCUT2D eigenvalue weighted by Gasteiger charge is -2.40. The number of hydrogen-bond donors (Lipinski definition) is 0. The lowest BCUT2D eigenvalue weighted by atomic mass is 9.77. The van der Waals surface area contributed by atoms with Gasteiger partial charge in [0.2, 0.25) is 0 Å². The zero-order chi connectivity index (χ0) is 11.4. The number of nitrogens with zero attached hydrogens (tertiary/aromatic N) is 1. The van der Waals surface area contributed by atoms with E-state index in [9.17, 15) is 0 Å². The van der Waals surface area contributed by atoms with E-state index in [-0.39, 0.29) is 0 Å². The molecule has 1 atom stereocenters. The maximum absolute atomic E-state index is 3.64. The zero-order valence-electron chi connectivity index (χ0n) is 10.7. The average Bonchev–Trinajstić information content (AvgIpc) is 2.77. The second-order valence-corrected chi connectivity index (χ2v) is 6.58. The first-order valence-electron chi connectivity index (χ1n) is 7.06. The molecule has 0 aromatic rings. The summed E-state index contributed by atoms with van der Waals surface area (Å²) in [5.74, 6) is 0.859. The number of likely N-dealkylation sites (tertiary alicyclic amines) is 1. The highest BCUT2D eigenvalue weighted by Gasteiger charge is 2.36. The van der Waals surface area contributed by atoms with Gasteiger partial charge < -0.3 is 4.90 Å².